The summed E-state index contributed by atoms with van der Waals surface area (Å²) in [5.74, 6) is -1.73. The van der Waals surface area contributed by atoms with Gasteiger partial charge in [0.2, 0.25) is 0 Å². The van der Waals surface area contributed by atoms with E-state index in [2.05, 4.69) is 15.8 Å². The summed E-state index contributed by atoms with van der Waals surface area (Å²) < 4.78 is 44.0. The molecule has 182 valence electrons. The third kappa shape index (κ3) is 7.46. The number of hydrogen-bond acceptors (Lipinski definition) is 4. The number of carbonyl (C=O) groups excluding carboxylic acids is 2. The van der Waals surface area contributed by atoms with Crippen LogP contribution in [-0.4, -0.2) is 17.5 Å². The fourth-order valence-electron chi connectivity index (χ4n) is 2.80. The number of halogens is 5. The van der Waals surface area contributed by atoms with Crippen LogP contribution in [0.5, 0.6) is 5.75 Å². The topological polar surface area (TPSA) is 79.8 Å². The van der Waals surface area contributed by atoms with E-state index in [1.165, 1.54) is 6.07 Å². The Morgan fingerprint density at radius 2 is 1.69 bits per heavy atom. The SMILES string of the molecule is C/C(=N\NC(=O)C(=O)Nc1cccc(C(F)(F)F)c1)c1ccc(OCc2ccc(Cl)cc2Cl)cc1. The number of hydrazone groups is 1. The van der Waals surface area contributed by atoms with Crippen molar-refractivity contribution in [2.75, 3.05) is 5.32 Å². The Morgan fingerprint density at radius 1 is 0.971 bits per heavy atom. The predicted molar refractivity (Wildman–Crippen MR) is 128 cm³/mol. The standard InChI is InChI=1S/C24H18Cl2F3N3O3/c1-14(15-6-9-20(10-7-15)35-13-16-5-8-18(25)12-21(16)26)31-32-23(34)22(33)30-19-4-2-3-17(11-19)24(27,28)29/h2-12H,13H2,1H3,(H,30,33)(H,32,34)/b31-14+. The van der Waals surface area contributed by atoms with E-state index in [9.17, 15) is 22.8 Å². The average molecular weight is 524 g/mol. The number of amides is 2. The molecule has 0 aromatic heterocycles. The molecule has 0 saturated carbocycles. The van der Waals surface area contributed by atoms with Crippen molar-refractivity contribution in [1.29, 1.82) is 0 Å². The maximum Gasteiger partial charge on any atom is 0.416 e. The fraction of sp³-hybridized carbons (Fsp3) is 0.125. The molecule has 6 nitrogen and oxygen atoms in total. The molecule has 0 radical (unpaired) electrons. The van der Waals surface area contributed by atoms with Gasteiger partial charge in [0.1, 0.15) is 12.4 Å². The fourth-order valence-corrected chi connectivity index (χ4v) is 3.27. The Morgan fingerprint density at radius 3 is 2.34 bits per heavy atom. The summed E-state index contributed by atoms with van der Waals surface area (Å²) in [5, 5.41) is 6.99. The van der Waals surface area contributed by atoms with Gasteiger partial charge in [0.25, 0.3) is 0 Å². The molecule has 0 aliphatic carbocycles. The molecule has 0 fully saturated rings. The van der Waals surface area contributed by atoms with Gasteiger partial charge in [0, 0.05) is 21.3 Å². The van der Waals surface area contributed by atoms with Crippen molar-refractivity contribution >= 4 is 46.4 Å². The van der Waals surface area contributed by atoms with Crippen molar-refractivity contribution in [3.05, 3.63) is 93.5 Å². The Balaban J connectivity index is 1.55. The zero-order valence-electron chi connectivity index (χ0n) is 18.1. The first kappa shape index (κ1) is 26.1. The van der Waals surface area contributed by atoms with E-state index in [1.807, 2.05) is 0 Å². The number of ether oxygens (including phenoxy) is 1. The quantitative estimate of drug-likeness (QED) is 0.234. The first-order valence-electron chi connectivity index (χ1n) is 10.0. The van der Waals surface area contributed by atoms with Gasteiger partial charge >= 0.3 is 18.0 Å². The van der Waals surface area contributed by atoms with Crippen LogP contribution in [0.3, 0.4) is 0 Å². The molecule has 0 aliphatic rings. The molecule has 3 aromatic carbocycles. The molecular weight excluding hydrogens is 506 g/mol. The van der Waals surface area contributed by atoms with Crippen LogP contribution in [0.1, 0.15) is 23.6 Å². The van der Waals surface area contributed by atoms with Crippen LogP contribution < -0.4 is 15.5 Å². The van der Waals surface area contributed by atoms with Crippen LogP contribution in [0.2, 0.25) is 10.0 Å². The van der Waals surface area contributed by atoms with Crippen molar-refractivity contribution in [3.8, 4) is 5.75 Å². The lowest BCUT2D eigenvalue weighted by Gasteiger charge is -2.10. The van der Waals surface area contributed by atoms with Crippen LogP contribution >= 0.6 is 23.2 Å². The second-order valence-corrected chi connectivity index (χ2v) is 8.06. The summed E-state index contributed by atoms with van der Waals surface area (Å²) in [4.78, 5) is 24.0. The summed E-state index contributed by atoms with van der Waals surface area (Å²) in [6, 6.07) is 15.8. The molecule has 0 spiro atoms. The first-order chi connectivity index (χ1) is 16.5. The monoisotopic (exact) mass is 523 g/mol. The molecular formula is C24H18Cl2F3N3O3. The van der Waals surface area contributed by atoms with E-state index >= 15 is 0 Å². The number of alkyl halides is 3. The van der Waals surface area contributed by atoms with Crippen molar-refractivity contribution in [2.45, 2.75) is 19.7 Å². The Bertz CT molecular complexity index is 1260. The Hall–Kier alpha value is -3.56. The molecule has 0 unspecified atom stereocenters. The minimum atomic E-state index is -4.58. The van der Waals surface area contributed by atoms with E-state index in [4.69, 9.17) is 27.9 Å². The van der Waals surface area contributed by atoms with Gasteiger partial charge in [-0.25, -0.2) is 5.43 Å². The van der Waals surface area contributed by atoms with E-state index in [1.54, 1.807) is 49.4 Å². The number of rotatable bonds is 6. The Labute approximate surface area is 208 Å². The highest BCUT2D eigenvalue weighted by molar-refractivity contribution is 6.39. The van der Waals surface area contributed by atoms with E-state index < -0.39 is 23.6 Å². The zero-order valence-corrected chi connectivity index (χ0v) is 19.6. The van der Waals surface area contributed by atoms with Gasteiger partial charge in [-0.1, -0.05) is 35.3 Å². The summed E-state index contributed by atoms with van der Waals surface area (Å²) in [6.07, 6.45) is -4.58. The number of hydrogen-bond donors (Lipinski definition) is 2. The summed E-state index contributed by atoms with van der Waals surface area (Å²) in [7, 11) is 0. The average Bonchev–Trinajstić information content (AvgIpc) is 2.81. The molecule has 35 heavy (non-hydrogen) atoms. The molecule has 11 heteroatoms. The molecule has 0 aliphatic heterocycles. The zero-order chi connectivity index (χ0) is 25.6. The molecule has 0 bridgehead atoms. The van der Waals surface area contributed by atoms with Gasteiger partial charge in [-0.15, -0.1) is 0 Å². The summed E-state index contributed by atoms with van der Waals surface area (Å²) >= 11 is 12.0. The lowest BCUT2D eigenvalue weighted by atomic mass is 10.1. The first-order valence-corrected chi connectivity index (χ1v) is 10.8. The molecule has 0 saturated heterocycles. The van der Waals surface area contributed by atoms with Gasteiger partial charge in [0.15, 0.2) is 0 Å². The van der Waals surface area contributed by atoms with Crippen LogP contribution in [0.15, 0.2) is 71.8 Å². The van der Waals surface area contributed by atoms with Crippen LogP contribution in [0, 0.1) is 0 Å². The third-order valence-corrected chi connectivity index (χ3v) is 5.25. The maximum atomic E-state index is 12.8. The summed E-state index contributed by atoms with van der Waals surface area (Å²) in [5.41, 5.74) is 2.75. The number of anilines is 1. The normalized spacial score (nSPS) is 11.7. The molecule has 3 rings (SSSR count). The number of nitrogens with zero attached hydrogens (tertiary/aromatic N) is 1. The molecule has 3 aromatic rings. The van der Waals surface area contributed by atoms with Crippen molar-refractivity contribution in [1.82, 2.24) is 5.43 Å². The van der Waals surface area contributed by atoms with Gasteiger partial charge in [0.05, 0.1) is 11.3 Å². The van der Waals surface area contributed by atoms with Crippen molar-refractivity contribution < 1.29 is 27.5 Å². The van der Waals surface area contributed by atoms with E-state index in [0.29, 0.717) is 27.1 Å². The minimum Gasteiger partial charge on any atom is -0.489 e. The lowest BCUT2D eigenvalue weighted by molar-refractivity contribution is -0.137. The summed E-state index contributed by atoms with van der Waals surface area (Å²) in [6.45, 7) is 1.84. The second-order valence-electron chi connectivity index (χ2n) is 7.22. The van der Waals surface area contributed by atoms with E-state index in [-0.39, 0.29) is 12.3 Å². The number of nitrogens with one attached hydrogen (secondary N) is 2. The van der Waals surface area contributed by atoms with Crippen LogP contribution in [-0.2, 0) is 22.4 Å². The van der Waals surface area contributed by atoms with E-state index in [0.717, 1.165) is 23.8 Å². The van der Waals surface area contributed by atoms with Gasteiger partial charge in [-0.05, 0) is 67.1 Å². The predicted octanol–water partition coefficient (Wildman–Crippen LogP) is 6.07. The van der Waals surface area contributed by atoms with Crippen molar-refractivity contribution in [2.24, 2.45) is 5.10 Å². The highest BCUT2D eigenvalue weighted by Gasteiger charge is 2.30. The minimum absolute atomic E-state index is 0.170. The Kier molecular flexibility index (Phi) is 8.37. The van der Waals surface area contributed by atoms with Gasteiger partial charge in [-0.2, -0.15) is 18.3 Å². The second kappa shape index (κ2) is 11.2. The van der Waals surface area contributed by atoms with Crippen LogP contribution in [0.25, 0.3) is 0 Å². The largest absolute Gasteiger partial charge is 0.489 e. The molecule has 0 heterocycles. The molecule has 2 N–H and O–H groups in total. The maximum absolute atomic E-state index is 12.8. The highest BCUT2D eigenvalue weighted by Crippen LogP contribution is 2.30. The number of carbonyl (C=O) groups is 2. The van der Waals surface area contributed by atoms with Crippen molar-refractivity contribution in [3.63, 3.8) is 0 Å². The smallest absolute Gasteiger partial charge is 0.416 e. The highest BCUT2D eigenvalue weighted by atomic mass is 35.5. The van der Waals surface area contributed by atoms with Gasteiger partial charge in [-0.3, -0.25) is 9.59 Å². The number of benzene rings is 3. The lowest BCUT2D eigenvalue weighted by Crippen LogP contribution is -2.33. The third-order valence-electron chi connectivity index (χ3n) is 4.66. The van der Waals surface area contributed by atoms with Gasteiger partial charge < -0.3 is 10.1 Å². The molecule has 2 amide bonds. The molecule has 0 atom stereocenters. The van der Waals surface area contributed by atoms with Crippen LogP contribution in [0.4, 0.5) is 18.9 Å².